The van der Waals surface area contributed by atoms with Gasteiger partial charge in [-0.05, 0) is 39.1 Å². The summed E-state index contributed by atoms with van der Waals surface area (Å²) < 4.78 is 5.46. The number of pyridine rings is 1. The highest BCUT2D eigenvalue weighted by atomic mass is 16.6. The minimum atomic E-state index is -0.457. The van der Waals surface area contributed by atoms with E-state index in [0.29, 0.717) is 24.8 Å². The molecule has 148 valence electrons. The van der Waals surface area contributed by atoms with Gasteiger partial charge in [-0.15, -0.1) is 5.11 Å². The number of hydrogen-bond acceptors (Lipinski definition) is 8. The highest BCUT2D eigenvalue weighted by molar-refractivity contribution is 5.75. The summed E-state index contributed by atoms with van der Waals surface area (Å²) in [6, 6.07) is 11.2. The number of aromatic nitrogens is 1. The summed E-state index contributed by atoms with van der Waals surface area (Å²) in [6.07, 6.45) is 1.34. The summed E-state index contributed by atoms with van der Waals surface area (Å²) in [6.45, 7) is 1.26. The lowest BCUT2D eigenvalue weighted by molar-refractivity contribution is 0.118. The molecule has 3 rings (SSSR count). The molecule has 1 saturated heterocycles. The lowest BCUT2D eigenvalue weighted by Crippen LogP contribution is -2.45. The molecular formula is C19H25N7O2. The van der Waals surface area contributed by atoms with Crippen LogP contribution < -0.4 is 16.2 Å². The van der Waals surface area contributed by atoms with Gasteiger partial charge in [0.05, 0.1) is 5.69 Å². The lowest BCUT2D eigenvalue weighted by atomic mass is 10.0. The van der Waals surface area contributed by atoms with Gasteiger partial charge >= 0.3 is 6.09 Å². The number of carbonyl (C=O) groups is 1. The molecule has 1 aliphatic heterocycles. The number of amides is 1. The molecule has 0 aliphatic carbocycles. The molecule has 9 heteroatoms. The average molecular weight is 383 g/mol. The van der Waals surface area contributed by atoms with Crippen molar-refractivity contribution in [2.45, 2.75) is 18.9 Å². The summed E-state index contributed by atoms with van der Waals surface area (Å²) in [5.74, 6) is 0.271. The van der Waals surface area contributed by atoms with Crippen molar-refractivity contribution in [3.8, 4) is 5.75 Å². The number of anilines is 2. The summed E-state index contributed by atoms with van der Waals surface area (Å²) in [5, 5.41) is 8.21. The van der Waals surface area contributed by atoms with Crippen molar-refractivity contribution in [2.75, 3.05) is 38.7 Å². The predicted octanol–water partition coefficient (Wildman–Crippen LogP) is 3.19. The van der Waals surface area contributed by atoms with Crippen molar-refractivity contribution in [1.29, 1.82) is 0 Å². The number of nitrogens with zero attached hydrogens (tertiary/aromatic N) is 5. The van der Waals surface area contributed by atoms with Crippen LogP contribution in [-0.4, -0.2) is 54.1 Å². The van der Waals surface area contributed by atoms with Crippen LogP contribution in [0.3, 0.4) is 0 Å². The maximum atomic E-state index is 12.5. The van der Waals surface area contributed by atoms with Crippen molar-refractivity contribution in [1.82, 2.24) is 14.8 Å². The molecule has 0 saturated carbocycles. The Kier molecular flexibility index (Phi) is 6.05. The molecule has 4 N–H and O–H groups in total. The zero-order chi connectivity index (χ0) is 20.1. The normalized spacial score (nSPS) is 15.3. The maximum absolute atomic E-state index is 12.5. The Morgan fingerprint density at radius 2 is 1.82 bits per heavy atom. The van der Waals surface area contributed by atoms with Crippen molar-refractivity contribution in [3.63, 3.8) is 0 Å². The van der Waals surface area contributed by atoms with Gasteiger partial charge < -0.3 is 26.0 Å². The SMILES string of the molecule is CN(C)C1CCN(C(=O)Oc2cc(N=Nc3ccccc3)c(N)nc2N)CC1. The summed E-state index contributed by atoms with van der Waals surface area (Å²) in [5.41, 5.74) is 12.7. The zero-order valence-electron chi connectivity index (χ0n) is 16.1. The second kappa shape index (κ2) is 8.66. The molecule has 0 unspecified atom stereocenters. The fourth-order valence-corrected chi connectivity index (χ4v) is 3.01. The molecule has 0 atom stereocenters. The minimum Gasteiger partial charge on any atom is -0.406 e. The Hall–Kier alpha value is -3.20. The monoisotopic (exact) mass is 383 g/mol. The molecular weight excluding hydrogens is 358 g/mol. The highest BCUT2D eigenvalue weighted by Gasteiger charge is 2.26. The van der Waals surface area contributed by atoms with Crippen LogP contribution in [0.2, 0.25) is 0 Å². The number of ether oxygens (including phenoxy) is 1. The van der Waals surface area contributed by atoms with Gasteiger partial charge in [0.2, 0.25) is 0 Å². The molecule has 1 fully saturated rings. The number of rotatable bonds is 4. The number of hydrogen-bond donors (Lipinski definition) is 2. The Morgan fingerprint density at radius 3 is 2.46 bits per heavy atom. The third-order valence-corrected chi connectivity index (χ3v) is 4.70. The first-order chi connectivity index (χ1) is 13.4. The number of piperidine rings is 1. The van der Waals surface area contributed by atoms with E-state index in [4.69, 9.17) is 16.2 Å². The molecule has 9 nitrogen and oxygen atoms in total. The number of nitrogens with two attached hydrogens (primary N) is 2. The van der Waals surface area contributed by atoms with Crippen LogP contribution in [0.4, 0.5) is 27.8 Å². The van der Waals surface area contributed by atoms with Gasteiger partial charge in [0.25, 0.3) is 0 Å². The summed E-state index contributed by atoms with van der Waals surface area (Å²) in [4.78, 5) is 20.4. The number of nitrogen functional groups attached to an aromatic ring is 2. The molecule has 2 aromatic rings. The van der Waals surface area contributed by atoms with Gasteiger partial charge in [0, 0.05) is 25.2 Å². The van der Waals surface area contributed by atoms with E-state index < -0.39 is 6.09 Å². The largest absolute Gasteiger partial charge is 0.415 e. The number of likely N-dealkylation sites (tertiary alicyclic amines) is 1. The molecule has 28 heavy (non-hydrogen) atoms. The van der Waals surface area contributed by atoms with E-state index in [-0.39, 0.29) is 23.1 Å². The smallest absolute Gasteiger partial charge is 0.406 e. The second-order valence-corrected chi connectivity index (χ2v) is 6.86. The number of azo groups is 1. The van der Waals surface area contributed by atoms with E-state index in [1.807, 2.05) is 44.4 Å². The number of carbonyl (C=O) groups excluding carboxylic acids is 1. The average Bonchev–Trinajstić information content (AvgIpc) is 2.70. The third kappa shape index (κ3) is 4.74. The van der Waals surface area contributed by atoms with Crippen LogP contribution in [0, 0.1) is 0 Å². The van der Waals surface area contributed by atoms with Crippen molar-refractivity contribution in [2.24, 2.45) is 10.2 Å². The molecule has 0 bridgehead atoms. The van der Waals surface area contributed by atoms with E-state index in [1.54, 1.807) is 4.90 Å². The zero-order valence-corrected chi connectivity index (χ0v) is 16.1. The molecule has 1 amide bonds. The van der Waals surface area contributed by atoms with E-state index in [9.17, 15) is 4.79 Å². The van der Waals surface area contributed by atoms with E-state index >= 15 is 0 Å². The van der Waals surface area contributed by atoms with Crippen LogP contribution in [0.5, 0.6) is 5.75 Å². The first-order valence-electron chi connectivity index (χ1n) is 9.10. The van der Waals surface area contributed by atoms with Gasteiger partial charge in [-0.3, -0.25) is 0 Å². The van der Waals surface area contributed by atoms with Gasteiger partial charge in [0.1, 0.15) is 5.69 Å². The van der Waals surface area contributed by atoms with E-state index in [2.05, 4.69) is 20.1 Å². The maximum Gasteiger partial charge on any atom is 0.415 e. The van der Waals surface area contributed by atoms with Gasteiger partial charge in [-0.2, -0.15) is 5.11 Å². The topological polar surface area (TPSA) is 122 Å². The minimum absolute atomic E-state index is 0.0349. The lowest BCUT2D eigenvalue weighted by Gasteiger charge is -2.34. The molecule has 1 aliphatic rings. The highest BCUT2D eigenvalue weighted by Crippen LogP contribution is 2.32. The summed E-state index contributed by atoms with van der Waals surface area (Å²) in [7, 11) is 4.09. The molecule has 2 heterocycles. The molecule has 0 radical (unpaired) electrons. The number of benzene rings is 1. The first kappa shape index (κ1) is 19.6. The molecule has 1 aromatic carbocycles. The Balaban J connectivity index is 1.70. The first-order valence-corrected chi connectivity index (χ1v) is 9.10. The van der Waals surface area contributed by atoms with Crippen LogP contribution in [0.15, 0.2) is 46.6 Å². The van der Waals surface area contributed by atoms with Crippen LogP contribution in [-0.2, 0) is 0 Å². The fourth-order valence-electron chi connectivity index (χ4n) is 3.01. The van der Waals surface area contributed by atoms with Crippen LogP contribution >= 0.6 is 0 Å². The molecule has 1 aromatic heterocycles. The standard InChI is InChI=1S/C19H25N7O2/c1-25(2)14-8-10-26(11-9-14)19(27)28-16-12-15(17(20)22-18(16)21)24-23-13-6-4-3-5-7-13/h3-7,12,14H,8-11H2,1-2H3,(H4,20,21,22). The fraction of sp³-hybridized carbons (Fsp3) is 0.368. The van der Waals surface area contributed by atoms with E-state index in [1.165, 1.54) is 6.07 Å². The summed E-state index contributed by atoms with van der Waals surface area (Å²) >= 11 is 0. The second-order valence-electron chi connectivity index (χ2n) is 6.86. The molecule has 0 spiro atoms. The van der Waals surface area contributed by atoms with Crippen molar-refractivity contribution >= 4 is 29.1 Å². The third-order valence-electron chi connectivity index (χ3n) is 4.70. The van der Waals surface area contributed by atoms with Crippen molar-refractivity contribution < 1.29 is 9.53 Å². The van der Waals surface area contributed by atoms with Crippen molar-refractivity contribution in [3.05, 3.63) is 36.4 Å². The van der Waals surface area contributed by atoms with Gasteiger partial charge in [0.15, 0.2) is 17.4 Å². The Bertz CT molecular complexity index is 847. The quantitative estimate of drug-likeness (QED) is 0.782. The van der Waals surface area contributed by atoms with Crippen LogP contribution in [0.1, 0.15) is 12.8 Å². The Morgan fingerprint density at radius 1 is 1.14 bits per heavy atom. The van der Waals surface area contributed by atoms with E-state index in [0.717, 1.165) is 12.8 Å². The van der Waals surface area contributed by atoms with Gasteiger partial charge in [-0.25, -0.2) is 9.78 Å². The predicted molar refractivity (Wildman–Crippen MR) is 108 cm³/mol. The van der Waals surface area contributed by atoms with Gasteiger partial charge in [-0.1, -0.05) is 18.2 Å². The van der Waals surface area contributed by atoms with Crippen LogP contribution in [0.25, 0.3) is 0 Å². The Labute approximate surface area is 164 Å².